The maximum absolute atomic E-state index is 5.79. The van der Waals surface area contributed by atoms with Crippen molar-refractivity contribution in [3.05, 3.63) is 129 Å². The van der Waals surface area contributed by atoms with Crippen LogP contribution in [0, 0.1) is 0 Å². The Bertz CT molecular complexity index is 1180. The van der Waals surface area contributed by atoms with Crippen molar-refractivity contribution in [2.75, 3.05) is 0 Å². The van der Waals surface area contributed by atoms with Crippen LogP contribution in [-0.2, 0) is 25.2 Å². The SMILES string of the molecule is [CH3][Zr]([CH3])([CH3])([CH3])([CH3])([CH2]c1ccccc1)([CH2]c1ccccc1)([CH2]c1ccccc1)[C]1=CC=CC1. The Balaban J connectivity index is 2.20. The summed E-state index contributed by atoms with van der Waals surface area (Å²) in [7, 11) is 0. The second kappa shape index (κ2) is 4.93. The summed E-state index contributed by atoms with van der Waals surface area (Å²) in [6, 6.07) is 33.7. The van der Waals surface area contributed by atoms with Crippen LogP contribution < -0.4 is 0 Å². The average molecular weight is 505 g/mol. The van der Waals surface area contributed by atoms with E-state index >= 15 is 0 Å². The molecule has 0 aliphatic heterocycles. The van der Waals surface area contributed by atoms with Crippen molar-refractivity contribution in [1.82, 2.24) is 0 Å². The summed E-state index contributed by atoms with van der Waals surface area (Å²) < 4.78 is 18.5. The molecule has 0 amide bonds. The van der Waals surface area contributed by atoms with Crippen LogP contribution >= 0.6 is 0 Å². The van der Waals surface area contributed by atoms with Crippen LogP contribution in [0.25, 0.3) is 0 Å². The minimum atomic E-state index is -5.79. The Morgan fingerprint density at radius 1 is 0.531 bits per heavy atom. The van der Waals surface area contributed by atoms with Gasteiger partial charge >= 0.3 is 184 Å². The molecule has 0 atom stereocenters. The van der Waals surface area contributed by atoms with Gasteiger partial charge in [-0.2, -0.15) is 0 Å². The van der Waals surface area contributed by atoms with Crippen LogP contribution in [0.1, 0.15) is 23.1 Å². The van der Waals surface area contributed by atoms with Gasteiger partial charge in [-0.25, -0.2) is 0 Å². The summed E-state index contributed by atoms with van der Waals surface area (Å²) in [6.45, 7) is 0. The molecule has 0 saturated heterocycles. The topological polar surface area (TPSA) is 0 Å². The molecule has 0 nitrogen and oxygen atoms in total. The van der Waals surface area contributed by atoms with Crippen LogP contribution in [0.4, 0.5) is 0 Å². The van der Waals surface area contributed by atoms with Crippen LogP contribution in [0.2, 0.25) is 23.2 Å². The van der Waals surface area contributed by atoms with Gasteiger partial charge in [0, 0.05) is 0 Å². The van der Waals surface area contributed by atoms with E-state index in [2.05, 4.69) is 132 Å². The molecule has 0 saturated carbocycles. The third-order valence-corrected chi connectivity index (χ3v) is 43.1. The van der Waals surface area contributed by atoms with Crippen molar-refractivity contribution in [1.29, 1.82) is 0 Å². The monoisotopic (exact) mass is 503 g/mol. The van der Waals surface area contributed by atoms with Crippen molar-refractivity contribution in [3.63, 3.8) is 0 Å². The predicted octanol–water partition coefficient (Wildman–Crippen LogP) is 9.50. The van der Waals surface area contributed by atoms with E-state index in [0.717, 1.165) is 18.8 Å². The zero-order chi connectivity index (χ0) is 23.2. The van der Waals surface area contributed by atoms with E-state index in [4.69, 9.17) is 0 Å². The fraction of sp³-hybridized carbons (Fsp3) is 0.290. The second-order valence-corrected chi connectivity index (χ2v) is 86.4. The quantitative estimate of drug-likeness (QED) is 0.300. The third kappa shape index (κ3) is 3.64. The van der Waals surface area contributed by atoms with Gasteiger partial charge < -0.3 is 0 Å². The van der Waals surface area contributed by atoms with Gasteiger partial charge in [0.2, 0.25) is 0 Å². The summed E-state index contributed by atoms with van der Waals surface area (Å²) in [5.41, 5.74) is 4.29. The van der Waals surface area contributed by atoms with E-state index in [1.54, 1.807) is 3.28 Å². The Morgan fingerprint density at radius 3 is 1.16 bits per heavy atom. The predicted molar refractivity (Wildman–Crippen MR) is 142 cm³/mol. The molecular weight excluding hydrogens is 464 g/mol. The molecule has 3 aromatic rings. The molecule has 32 heavy (non-hydrogen) atoms. The van der Waals surface area contributed by atoms with Gasteiger partial charge in [-0.15, -0.1) is 0 Å². The first kappa shape index (κ1) is 23.2. The molecule has 0 bridgehead atoms. The first-order chi connectivity index (χ1) is 14.6. The van der Waals surface area contributed by atoms with Crippen molar-refractivity contribution in [3.8, 4) is 0 Å². The van der Waals surface area contributed by atoms with Gasteiger partial charge in [-0.05, 0) is 0 Å². The third-order valence-electron chi connectivity index (χ3n) is 9.87. The van der Waals surface area contributed by atoms with Gasteiger partial charge in [0.05, 0.1) is 0 Å². The van der Waals surface area contributed by atoms with Gasteiger partial charge in [0.15, 0.2) is 0 Å². The van der Waals surface area contributed by atoms with E-state index in [-0.39, 0.29) is 0 Å². The van der Waals surface area contributed by atoms with Crippen molar-refractivity contribution in [2.24, 2.45) is 0 Å². The van der Waals surface area contributed by atoms with E-state index in [1.165, 1.54) is 16.7 Å². The van der Waals surface area contributed by atoms with Gasteiger partial charge in [0.1, 0.15) is 0 Å². The molecule has 1 aliphatic carbocycles. The number of allylic oxidation sites excluding steroid dienone is 4. The standard InChI is InChI=1S/3C7H7.C5H5.5CH3.Zr/c3*1-7-5-3-2-4-6-7;1-2-4-5-3-1;;;;;;/h3*2-6H,1H2;1-3H,4H2;5*1H3;. The molecule has 0 aromatic heterocycles. The first-order valence-corrected chi connectivity index (χ1v) is 31.1. The van der Waals surface area contributed by atoms with Crippen molar-refractivity contribution >= 4 is 0 Å². The van der Waals surface area contributed by atoms with Crippen molar-refractivity contribution in [2.45, 2.75) is 42.0 Å². The molecule has 1 heteroatoms. The summed E-state index contributed by atoms with van der Waals surface area (Å²) in [4.78, 5) is 0. The molecular formula is C31H41Zr. The number of hydrogen-bond acceptors (Lipinski definition) is 0. The fourth-order valence-electron chi connectivity index (χ4n) is 8.32. The summed E-state index contributed by atoms with van der Waals surface area (Å²) in [6.07, 6.45) is 8.16. The summed E-state index contributed by atoms with van der Waals surface area (Å²) in [5, 5.41) is 0. The second-order valence-electron chi connectivity index (χ2n) is 19.1. The molecule has 0 spiro atoms. The molecule has 169 valence electrons. The molecule has 3 aromatic carbocycles. The fourth-order valence-corrected chi connectivity index (χ4v) is 40.5. The zero-order valence-electron chi connectivity index (χ0n) is 20.7. The van der Waals surface area contributed by atoms with E-state index < -0.39 is 12.8 Å². The summed E-state index contributed by atoms with van der Waals surface area (Å²) in [5.74, 6) is 0. The first-order valence-electron chi connectivity index (χ1n) is 12.3. The van der Waals surface area contributed by atoms with Gasteiger partial charge in [0.25, 0.3) is 0 Å². The molecule has 0 fully saturated rings. The number of rotatable bonds is 7. The van der Waals surface area contributed by atoms with Crippen molar-refractivity contribution < 1.29 is 12.8 Å². The minimum absolute atomic E-state index is 1.02. The molecule has 0 N–H and O–H groups in total. The number of hydrogen-bond donors (Lipinski definition) is 0. The van der Waals surface area contributed by atoms with E-state index in [1.807, 2.05) is 0 Å². The summed E-state index contributed by atoms with van der Waals surface area (Å²) >= 11 is -5.79. The molecule has 4 rings (SSSR count). The van der Waals surface area contributed by atoms with Crippen LogP contribution in [-0.4, -0.2) is 0 Å². The maximum atomic E-state index is 2.75. The Hall–Kier alpha value is -1.98. The van der Waals surface area contributed by atoms with E-state index in [9.17, 15) is 0 Å². The van der Waals surface area contributed by atoms with Crippen LogP contribution in [0.15, 0.2) is 113 Å². The Labute approximate surface area is 183 Å². The van der Waals surface area contributed by atoms with Gasteiger partial charge in [-0.1, -0.05) is 0 Å². The van der Waals surface area contributed by atoms with Gasteiger partial charge in [-0.3, -0.25) is 0 Å². The Morgan fingerprint density at radius 2 is 0.875 bits per heavy atom. The molecule has 1 aliphatic rings. The molecule has 0 unspecified atom stereocenters. The Kier molecular flexibility index (Phi) is 3.57. The van der Waals surface area contributed by atoms with E-state index in [0.29, 0.717) is 0 Å². The van der Waals surface area contributed by atoms with Crippen LogP contribution in [0.5, 0.6) is 0 Å². The average Bonchev–Trinajstić information content (AvgIpc) is 3.26. The van der Waals surface area contributed by atoms with Crippen LogP contribution in [0.3, 0.4) is 0 Å². The normalized spacial score (nSPS) is 20.5. The molecule has 0 radical (unpaired) electrons. The number of benzene rings is 3. The zero-order valence-corrected chi connectivity index (χ0v) is 23.2. The molecule has 0 heterocycles.